The Bertz CT molecular complexity index is 468. The molecule has 1 aliphatic heterocycles. The zero-order valence-corrected chi connectivity index (χ0v) is 12.3. The van der Waals surface area contributed by atoms with E-state index in [9.17, 15) is 9.59 Å². The highest BCUT2D eigenvalue weighted by Crippen LogP contribution is 2.10. The van der Waals surface area contributed by atoms with E-state index in [1.54, 1.807) is 22.2 Å². The first kappa shape index (κ1) is 15.3. The molecule has 1 aliphatic rings. The maximum atomic E-state index is 12.2. The lowest BCUT2D eigenvalue weighted by Crippen LogP contribution is -2.54. The lowest BCUT2D eigenvalue weighted by molar-refractivity contribution is -0.136. The number of amides is 3. The van der Waals surface area contributed by atoms with Gasteiger partial charge in [0.05, 0.1) is 12.2 Å². The van der Waals surface area contributed by atoms with Crippen molar-refractivity contribution >= 4 is 11.9 Å². The number of hydrogen-bond donors (Lipinski definition) is 2. The van der Waals surface area contributed by atoms with Crippen molar-refractivity contribution in [2.24, 2.45) is 0 Å². The minimum atomic E-state index is -0.123. The third-order valence-electron chi connectivity index (χ3n) is 3.55. The van der Waals surface area contributed by atoms with Gasteiger partial charge in [0.1, 0.15) is 6.61 Å². The number of methoxy groups -OCH3 is 1. The lowest BCUT2D eigenvalue weighted by atomic mass is 10.2. The molecule has 3 amide bonds. The fourth-order valence-corrected chi connectivity index (χ4v) is 2.23. The molecule has 8 nitrogen and oxygen atoms in total. The van der Waals surface area contributed by atoms with Crippen molar-refractivity contribution in [3.8, 4) is 0 Å². The molecule has 2 N–H and O–H groups in total. The van der Waals surface area contributed by atoms with Gasteiger partial charge in [0, 0.05) is 45.0 Å². The third-order valence-corrected chi connectivity index (χ3v) is 3.55. The van der Waals surface area contributed by atoms with Gasteiger partial charge in [-0.15, -0.1) is 0 Å². The number of rotatable bonds is 4. The summed E-state index contributed by atoms with van der Waals surface area (Å²) in [6, 6.07) is -0.230. The summed E-state index contributed by atoms with van der Waals surface area (Å²) < 4.78 is 4.83. The zero-order valence-electron chi connectivity index (χ0n) is 12.3. The van der Waals surface area contributed by atoms with Gasteiger partial charge in [0.15, 0.2) is 0 Å². The van der Waals surface area contributed by atoms with Crippen LogP contribution in [0.3, 0.4) is 0 Å². The SMILES string of the molecule is COCC(=O)N1CCN(C(=O)NC(C)c2cn[nH]c2)CC1. The van der Waals surface area contributed by atoms with Gasteiger partial charge in [0.2, 0.25) is 5.91 Å². The highest BCUT2D eigenvalue weighted by molar-refractivity contribution is 5.78. The molecular formula is C13H21N5O3. The van der Waals surface area contributed by atoms with Crippen molar-refractivity contribution in [2.45, 2.75) is 13.0 Å². The van der Waals surface area contributed by atoms with Crippen LogP contribution in [0.2, 0.25) is 0 Å². The van der Waals surface area contributed by atoms with Crippen LogP contribution in [0.15, 0.2) is 12.4 Å². The molecule has 1 fully saturated rings. The molecule has 0 radical (unpaired) electrons. The van der Waals surface area contributed by atoms with Gasteiger partial charge in [-0.05, 0) is 6.92 Å². The number of aromatic nitrogens is 2. The molecule has 1 saturated heterocycles. The van der Waals surface area contributed by atoms with Crippen molar-refractivity contribution in [1.29, 1.82) is 0 Å². The van der Waals surface area contributed by atoms with Crippen LogP contribution in [0.1, 0.15) is 18.5 Å². The van der Waals surface area contributed by atoms with Crippen molar-refractivity contribution in [2.75, 3.05) is 39.9 Å². The molecule has 8 heteroatoms. The number of hydrogen-bond acceptors (Lipinski definition) is 4. The Balaban J connectivity index is 1.79. The molecule has 0 bridgehead atoms. The molecule has 1 aromatic rings. The molecule has 21 heavy (non-hydrogen) atoms. The smallest absolute Gasteiger partial charge is 0.317 e. The van der Waals surface area contributed by atoms with Crippen LogP contribution < -0.4 is 5.32 Å². The number of piperazine rings is 1. The Kier molecular flexibility index (Phi) is 5.15. The van der Waals surface area contributed by atoms with Gasteiger partial charge in [0.25, 0.3) is 0 Å². The van der Waals surface area contributed by atoms with Gasteiger partial charge < -0.3 is 19.9 Å². The minimum Gasteiger partial charge on any atom is -0.375 e. The molecular weight excluding hydrogens is 274 g/mol. The summed E-state index contributed by atoms with van der Waals surface area (Å²) in [6.07, 6.45) is 3.44. The number of H-pyrrole nitrogens is 1. The highest BCUT2D eigenvalue weighted by Gasteiger charge is 2.24. The van der Waals surface area contributed by atoms with Crippen LogP contribution in [0.25, 0.3) is 0 Å². The van der Waals surface area contributed by atoms with Crippen molar-refractivity contribution < 1.29 is 14.3 Å². The first-order valence-electron chi connectivity index (χ1n) is 6.92. The second kappa shape index (κ2) is 7.07. The first-order valence-corrected chi connectivity index (χ1v) is 6.92. The van der Waals surface area contributed by atoms with E-state index in [0.717, 1.165) is 5.56 Å². The molecule has 116 valence electrons. The first-order chi connectivity index (χ1) is 10.1. The Labute approximate surface area is 123 Å². The fourth-order valence-electron chi connectivity index (χ4n) is 2.23. The van der Waals surface area contributed by atoms with Gasteiger partial charge in [-0.25, -0.2) is 4.79 Å². The standard InChI is InChI=1S/C13H21N5O3/c1-10(11-7-14-15-8-11)16-13(20)18-5-3-17(4-6-18)12(19)9-21-2/h7-8,10H,3-6,9H2,1-2H3,(H,14,15)(H,16,20). The molecule has 1 atom stereocenters. The predicted molar refractivity (Wildman–Crippen MR) is 75.6 cm³/mol. The van der Waals surface area contributed by atoms with Crippen molar-refractivity contribution in [3.05, 3.63) is 18.0 Å². The Hall–Kier alpha value is -2.09. The van der Waals surface area contributed by atoms with Crippen LogP contribution in [-0.2, 0) is 9.53 Å². The number of nitrogens with zero attached hydrogens (tertiary/aromatic N) is 3. The average Bonchev–Trinajstić information content (AvgIpc) is 3.02. The number of ether oxygens (including phenoxy) is 1. The van der Waals surface area contributed by atoms with E-state index in [0.29, 0.717) is 26.2 Å². The van der Waals surface area contributed by atoms with Crippen molar-refractivity contribution in [3.63, 3.8) is 0 Å². The largest absolute Gasteiger partial charge is 0.375 e. The van der Waals surface area contributed by atoms with E-state index in [1.165, 1.54) is 7.11 Å². The van der Waals surface area contributed by atoms with Crippen LogP contribution >= 0.6 is 0 Å². The molecule has 0 spiro atoms. The summed E-state index contributed by atoms with van der Waals surface area (Å²) in [5, 5.41) is 9.51. The van der Waals surface area contributed by atoms with Crippen molar-refractivity contribution in [1.82, 2.24) is 25.3 Å². The van der Waals surface area contributed by atoms with Gasteiger partial charge >= 0.3 is 6.03 Å². The fraction of sp³-hybridized carbons (Fsp3) is 0.615. The summed E-state index contributed by atoms with van der Waals surface area (Å²) in [6.45, 7) is 4.12. The summed E-state index contributed by atoms with van der Waals surface area (Å²) in [4.78, 5) is 27.3. The lowest BCUT2D eigenvalue weighted by Gasteiger charge is -2.35. The maximum absolute atomic E-state index is 12.2. The summed E-state index contributed by atoms with van der Waals surface area (Å²) >= 11 is 0. The highest BCUT2D eigenvalue weighted by atomic mass is 16.5. The normalized spacial score (nSPS) is 16.7. The van der Waals surface area contributed by atoms with Crippen LogP contribution in [0, 0.1) is 0 Å². The minimum absolute atomic E-state index is 0.0377. The van der Waals surface area contributed by atoms with Crippen LogP contribution in [0.5, 0.6) is 0 Å². The quantitative estimate of drug-likeness (QED) is 0.816. The molecule has 1 unspecified atom stereocenters. The van der Waals surface area contributed by atoms with E-state index >= 15 is 0 Å². The summed E-state index contributed by atoms with van der Waals surface area (Å²) in [5.41, 5.74) is 0.928. The number of carbonyl (C=O) groups is 2. The predicted octanol–water partition coefficient (Wildman–Crippen LogP) is -0.0291. The van der Waals surface area contributed by atoms with Gasteiger partial charge in [-0.2, -0.15) is 5.10 Å². The average molecular weight is 295 g/mol. The van der Waals surface area contributed by atoms with E-state index in [1.807, 2.05) is 6.92 Å². The molecule has 2 rings (SSSR count). The molecule has 1 aromatic heterocycles. The second-order valence-corrected chi connectivity index (χ2v) is 5.00. The molecule has 0 aliphatic carbocycles. The van der Waals surface area contributed by atoms with E-state index in [2.05, 4.69) is 15.5 Å². The Morgan fingerprint density at radius 3 is 2.62 bits per heavy atom. The zero-order chi connectivity index (χ0) is 15.2. The van der Waals surface area contributed by atoms with Crippen LogP contribution in [-0.4, -0.2) is 71.8 Å². The summed E-state index contributed by atoms with van der Waals surface area (Å²) in [7, 11) is 1.50. The van der Waals surface area contributed by atoms with Crippen LogP contribution in [0.4, 0.5) is 4.79 Å². The topological polar surface area (TPSA) is 90.6 Å². The Morgan fingerprint density at radius 1 is 1.38 bits per heavy atom. The number of aromatic amines is 1. The number of urea groups is 1. The molecule has 0 aromatic carbocycles. The third kappa shape index (κ3) is 3.94. The maximum Gasteiger partial charge on any atom is 0.317 e. The number of carbonyl (C=O) groups excluding carboxylic acids is 2. The second-order valence-electron chi connectivity index (χ2n) is 5.00. The van der Waals surface area contributed by atoms with E-state index < -0.39 is 0 Å². The number of nitrogens with one attached hydrogen (secondary N) is 2. The van der Waals surface area contributed by atoms with Gasteiger partial charge in [-0.3, -0.25) is 9.89 Å². The molecule has 2 heterocycles. The van der Waals surface area contributed by atoms with E-state index in [4.69, 9.17) is 4.74 Å². The monoisotopic (exact) mass is 295 g/mol. The summed E-state index contributed by atoms with van der Waals surface area (Å²) in [5.74, 6) is -0.0377. The Morgan fingerprint density at radius 2 is 2.05 bits per heavy atom. The molecule has 0 saturated carbocycles. The van der Waals surface area contributed by atoms with Gasteiger partial charge in [-0.1, -0.05) is 0 Å². The van der Waals surface area contributed by atoms with E-state index in [-0.39, 0.29) is 24.6 Å².